The van der Waals surface area contributed by atoms with Crippen molar-refractivity contribution in [1.29, 1.82) is 0 Å². The first-order valence-corrected chi connectivity index (χ1v) is 17.6. The third kappa shape index (κ3) is 7.34. The number of hydrogen-bond acceptors (Lipinski definition) is 11. The molecule has 19 heteroatoms. The average molecular weight is 639 g/mol. The van der Waals surface area contributed by atoms with E-state index in [1.54, 1.807) is 22.1 Å². The normalized spacial score (nSPS) is 25.4. The van der Waals surface area contributed by atoms with E-state index in [9.17, 15) is 28.6 Å². The molecule has 0 radical (unpaired) electrons. The van der Waals surface area contributed by atoms with E-state index in [1.165, 1.54) is 36.9 Å². The molecular weight excluding hydrogens is 611 g/mol. The second-order valence-electron chi connectivity index (χ2n) is 9.62. The van der Waals surface area contributed by atoms with Crippen molar-refractivity contribution in [1.82, 2.24) is 14.5 Å². The molecule has 2 fully saturated rings. The van der Waals surface area contributed by atoms with Gasteiger partial charge in [0, 0.05) is 27.9 Å². The zero-order valence-electron chi connectivity index (χ0n) is 20.8. The number of thiophene rings is 1. The summed E-state index contributed by atoms with van der Waals surface area (Å²) in [7, 11) is -16.5. The van der Waals surface area contributed by atoms with Crippen LogP contribution in [-0.4, -0.2) is 58.0 Å². The number of pyridine rings is 1. The number of aliphatic hydroxyl groups is 1. The van der Waals surface area contributed by atoms with Crippen LogP contribution in [0.3, 0.4) is 0 Å². The molecule has 3 aromatic rings. The SMILES string of the molecule is O=P(O)(O)OP(=O)(O)OP(=O)(O)OC[C@H]1O[C@@H](n2cnc3c(-c4ccc(CC5CCCC5)s4)ccnc32)C[C@H]1O. The Morgan fingerprint density at radius 3 is 2.50 bits per heavy atom. The Kier molecular flexibility index (Phi) is 8.84. The van der Waals surface area contributed by atoms with Gasteiger partial charge in [0.05, 0.1) is 19.0 Å². The van der Waals surface area contributed by atoms with Gasteiger partial charge >= 0.3 is 23.5 Å². The van der Waals surface area contributed by atoms with Gasteiger partial charge in [-0.1, -0.05) is 25.7 Å². The van der Waals surface area contributed by atoms with Crippen LogP contribution in [0.15, 0.2) is 30.7 Å². The summed E-state index contributed by atoms with van der Waals surface area (Å²) >= 11 is 1.73. The number of nitrogens with zero attached hydrogens (tertiary/aromatic N) is 3. The molecule has 4 heterocycles. The fourth-order valence-corrected chi connectivity index (χ4v) is 9.16. The lowest BCUT2D eigenvalue weighted by molar-refractivity contribution is -0.0423. The second kappa shape index (κ2) is 11.7. The van der Waals surface area contributed by atoms with Crippen molar-refractivity contribution in [3.8, 4) is 10.4 Å². The summed E-state index contributed by atoms with van der Waals surface area (Å²) in [4.78, 5) is 47.6. The monoisotopic (exact) mass is 639 g/mol. The zero-order valence-corrected chi connectivity index (χ0v) is 24.3. The molecule has 40 heavy (non-hydrogen) atoms. The number of phosphoric ester groups is 1. The highest BCUT2D eigenvalue weighted by molar-refractivity contribution is 7.66. The smallest absolute Gasteiger partial charge is 0.390 e. The maximum Gasteiger partial charge on any atom is 0.490 e. The summed E-state index contributed by atoms with van der Waals surface area (Å²) in [5.74, 6) is 0.735. The third-order valence-electron chi connectivity index (χ3n) is 6.68. The number of ether oxygens (including phenoxy) is 1. The predicted molar refractivity (Wildman–Crippen MR) is 141 cm³/mol. The van der Waals surface area contributed by atoms with Gasteiger partial charge in [0.2, 0.25) is 0 Å². The third-order valence-corrected chi connectivity index (χ3v) is 11.6. The predicted octanol–water partition coefficient (Wildman–Crippen LogP) is 3.88. The number of aromatic nitrogens is 3. The quantitative estimate of drug-likeness (QED) is 0.188. The Labute approximate surface area is 232 Å². The van der Waals surface area contributed by atoms with Crippen molar-refractivity contribution in [2.24, 2.45) is 5.92 Å². The molecule has 0 spiro atoms. The molecule has 0 bridgehead atoms. The Bertz CT molecular complexity index is 1500. The molecule has 1 aliphatic heterocycles. The van der Waals surface area contributed by atoms with E-state index in [2.05, 4.69) is 35.2 Å². The van der Waals surface area contributed by atoms with Gasteiger partial charge in [0.1, 0.15) is 17.8 Å². The van der Waals surface area contributed by atoms with E-state index in [-0.39, 0.29) is 6.42 Å². The molecule has 15 nitrogen and oxygen atoms in total. The standard InChI is InChI=1S/C21H28N3O12P3S/c25-16-10-19(34-17(16)11-33-38(29,30)36-39(31,32)35-37(26,27)28)24-12-23-20-15(7-8-22-21(20)24)18-6-5-14(40-18)9-13-3-1-2-4-13/h5-8,12-13,16-17,19,25H,1-4,9-11H2,(H,29,30)(H,31,32)(H2,26,27,28)/t16-,17-,19-/m1/s1. The minimum Gasteiger partial charge on any atom is -0.390 e. The van der Waals surface area contributed by atoms with Crippen molar-refractivity contribution in [2.45, 2.75) is 57.0 Å². The second-order valence-corrected chi connectivity index (χ2v) is 15.2. The van der Waals surface area contributed by atoms with E-state index in [0.717, 1.165) is 22.8 Å². The van der Waals surface area contributed by atoms with Crippen molar-refractivity contribution >= 4 is 46.0 Å². The molecular formula is C21H28N3O12P3S. The van der Waals surface area contributed by atoms with Gasteiger partial charge in [-0.15, -0.1) is 11.3 Å². The molecule has 1 aliphatic carbocycles. The van der Waals surface area contributed by atoms with Gasteiger partial charge in [0.25, 0.3) is 0 Å². The Morgan fingerprint density at radius 1 is 1.02 bits per heavy atom. The number of hydrogen-bond donors (Lipinski definition) is 5. The van der Waals surface area contributed by atoms with Crippen LogP contribution in [0.1, 0.15) is 43.2 Å². The minimum absolute atomic E-state index is 0.0479. The van der Waals surface area contributed by atoms with Crippen molar-refractivity contribution < 1.29 is 56.3 Å². The lowest BCUT2D eigenvalue weighted by Crippen LogP contribution is -2.26. The number of aliphatic hydroxyl groups excluding tert-OH is 1. The topological polar surface area (TPSA) is 220 Å². The van der Waals surface area contributed by atoms with Crippen molar-refractivity contribution in [2.75, 3.05) is 6.61 Å². The molecule has 5 rings (SSSR count). The first kappa shape index (κ1) is 30.1. The van der Waals surface area contributed by atoms with Crippen LogP contribution in [0, 0.1) is 5.92 Å². The maximum absolute atomic E-state index is 12.0. The van der Waals surface area contributed by atoms with E-state index < -0.39 is 48.5 Å². The molecule has 3 aromatic heterocycles. The number of fused-ring (bicyclic) bond motifs is 1. The fraction of sp³-hybridized carbons (Fsp3) is 0.524. The molecule has 220 valence electrons. The number of rotatable bonds is 11. The first-order valence-electron chi connectivity index (χ1n) is 12.3. The van der Waals surface area contributed by atoms with Gasteiger partial charge in [-0.05, 0) is 30.5 Å². The lowest BCUT2D eigenvalue weighted by Gasteiger charge is -2.19. The van der Waals surface area contributed by atoms with Crippen molar-refractivity contribution in [3.63, 3.8) is 0 Å². The number of phosphoric acid groups is 3. The summed E-state index contributed by atoms with van der Waals surface area (Å²) in [6.45, 7) is -0.758. The first-order chi connectivity index (χ1) is 18.8. The van der Waals surface area contributed by atoms with Crippen LogP contribution in [-0.2, 0) is 38.0 Å². The van der Waals surface area contributed by atoms with Crippen LogP contribution in [0.2, 0.25) is 0 Å². The fourth-order valence-electron chi connectivity index (χ4n) is 4.98. The number of imidazole rings is 1. The van der Waals surface area contributed by atoms with E-state index in [4.69, 9.17) is 14.5 Å². The molecule has 2 aliphatic rings. The van der Waals surface area contributed by atoms with E-state index in [0.29, 0.717) is 11.2 Å². The van der Waals surface area contributed by atoms with Crippen LogP contribution in [0.5, 0.6) is 0 Å². The summed E-state index contributed by atoms with van der Waals surface area (Å²) in [5.41, 5.74) is 2.06. The Hall–Kier alpha value is -1.35. The molecule has 1 saturated heterocycles. The van der Waals surface area contributed by atoms with Crippen LogP contribution in [0.25, 0.3) is 21.6 Å². The maximum atomic E-state index is 12.0. The summed E-state index contributed by atoms with van der Waals surface area (Å²) in [6, 6.07) is 6.12. The molecule has 0 amide bonds. The van der Waals surface area contributed by atoms with Crippen LogP contribution in [0.4, 0.5) is 0 Å². The van der Waals surface area contributed by atoms with Gasteiger partial charge < -0.3 is 29.4 Å². The highest BCUT2D eigenvalue weighted by Crippen LogP contribution is 2.66. The average Bonchev–Trinajstić information content (AvgIpc) is 3.63. The van der Waals surface area contributed by atoms with Crippen LogP contribution < -0.4 is 0 Å². The Morgan fingerprint density at radius 2 is 1.77 bits per heavy atom. The highest BCUT2D eigenvalue weighted by atomic mass is 32.1. The van der Waals surface area contributed by atoms with Crippen molar-refractivity contribution in [3.05, 3.63) is 35.6 Å². The molecule has 5 N–H and O–H groups in total. The largest absolute Gasteiger partial charge is 0.490 e. The lowest BCUT2D eigenvalue weighted by atomic mass is 10.0. The van der Waals surface area contributed by atoms with Gasteiger partial charge in [-0.2, -0.15) is 8.62 Å². The summed E-state index contributed by atoms with van der Waals surface area (Å²) in [6.07, 6.45) is 6.33. The van der Waals surface area contributed by atoms with E-state index >= 15 is 0 Å². The summed E-state index contributed by atoms with van der Waals surface area (Å²) < 4.78 is 53.7. The van der Waals surface area contributed by atoms with Gasteiger partial charge in [-0.25, -0.2) is 23.7 Å². The highest BCUT2D eigenvalue weighted by Gasteiger charge is 2.43. The molecule has 2 unspecified atom stereocenters. The Balaban J connectivity index is 1.25. The zero-order chi connectivity index (χ0) is 28.7. The van der Waals surface area contributed by atoms with E-state index in [1.807, 2.05) is 6.07 Å². The minimum atomic E-state index is -5.65. The summed E-state index contributed by atoms with van der Waals surface area (Å²) in [5, 5.41) is 10.5. The van der Waals surface area contributed by atoms with Gasteiger partial charge in [0.15, 0.2) is 5.65 Å². The van der Waals surface area contributed by atoms with Crippen LogP contribution >= 0.6 is 34.8 Å². The van der Waals surface area contributed by atoms with Gasteiger partial charge in [-0.3, -0.25) is 9.09 Å². The molecule has 0 aromatic carbocycles. The molecule has 1 saturated carbocycles. The molecule has 5 atom stereocenters.